The number of allylic oxidation sites excluding steroid dienone is 2. The van der Waals surface area contributed by atoms with Gasteiger partial charge in [0.25, 0.3) is 0 Å². The molecular formula is C11H22Sn. The zero-order valence-corrected chi connectivity index (χ0v) is 12.1. The second kappa shape index (κ2) is 4.50. The summed E-state index contributed by atoms with van der Waals surface area (Å²) in [6.45, 7) is 14.8. The quantitative estimate of drug-likeness (QED) is 0.531. The summed E-state index contributed by atoms with van der Waals surface area (Å²) >= 11 is -1.79. The van der Waals surface area contributed by atoms with Crippen LogP contribution < -0.4 is 0 Å². The van der Waals surface area contributed by atoms with Gasteiger partial charge in [0.05, 0.1) is 0 Å². The first kappa shape index (κ1) is 12.3. The Morgan fingerprint density at radius 3 is 1.92 bits per heavy atom. The van der Waals surface area contributed by atoms with Gasteiger partial charge in [0.2, 0.25) is 0 Å². The van der Waals surface area contributed by atoms with Crippen LogP contribution in [-0.4, -0.2) is 18.4 Å². The molecule has 0 spiro atoms. The van der Waals surface area contributed by atoms with Gasteiger partial charge in [0.15, 0.2) is 0 Å². The summed E-state index contributed by atoms with van der Waals surface area (Å²) in [5, 5.41) is 0. The molecule has 1 heteroatoms. The topological polar surface area (TPSA) is 0 Å². The molecule has 0 heterocycles. The van der Waals surface area contributed by atoms with Gasteiger partial charge in [-0.05, 0) is 0 Å². The van der Waals surface area contributed by atoms with Gasteiger partial charge in [-0.3, -0.25) is 0 Å². The summed E-state index contributed by atoms with van der Waals surface area (Å²) in [7, 11) is 0. The molecule has 0 aliphatic heterocycles. The SMILES string of the molecule is C=C(C)C(=C)[CH2][Sn]([CH3])([CH3])[CH](C)C. The van der Waals surface area contributed by atoms with Crippen molar-refractivity contribution >= 4 is 18.4 Å². The van der Waals surface area contributed by atoms with E-state index in [1.54, 1.807) is 0 Å². The van der Waals surface area contributed by atoms with Gasteiger partial charge in [-0.15, -0.1) is 0 Å². The first-order chi connectivity index (χ1) is 5.27. The summed E-state index contributed by atoms with van der Waals surface area (Å²) in [6.07, 6.45) is 0. The molecule has 0 unspecified atom stereocenters. The zero-order valence-electron chi connectivity index (χ0n) is 9.20. The van der Waals surface area contributed by atoms with E-state index in [1.807, 2.05) is 0 Å². The van der Waals surface area contributed by atoms with Crippen LogP contribution in [0.4, 0.5) is 0 Å². The molecule has 0 saturated heterocycles. The zero-order chi connectivity index (χ0) is 9.94. The molecule has 12 heavy (non-hydrogen) atoms. The van der Waals surface area contributed by atoms with Crippen LogP contribution >= 0.6 is 0 Å². The van der Waals surface area contributed by atoms with Crippen LogP contribution in [0.25, 0.3) is 0 Å². The van der Waals surface area contributed by atoms with Crippen LogP contribution in [0.1, 0.15) is 20.8 Å². The van der Waals surface area contributed by atoms with E-state index < -0.39 is 18.4 Å². The molecule has 0 saturated carbocycles. The fourth-order valence-electron chi connectivity index (χ4n) is 0.905. The van der Waals surface area contributed by atoms with Crippen LogP contribution in [0.2, 0.25) is 18.2 Å². The van der Waals surface area contributed by atoms with Crippen molar-refractivity contribution in [3.05, 3.63) is 24.3 Å². The van der Waals surface area contributed by atoms with Crippen LogP contribution in [0.15, 0.2) is 24.3 Å². The van der Waals surface area contributed by atoms with Gasteiger partial charge in [0.1, 0.15) is 0 Å². The van der Waals surface area contributed by atoms with Crippen molar-refractivity contribution in [1.29, 1.82) is 0 Å². The Morgan fingerprint density at radius 1 is 1.25 bits per heavy atom. The third-order valence-electron chi connectivity index (χ3n) is 2.84. The van der Waals surface area contributed by atoms with E-state index in [0.717, 1.165) is 3.93 Å². The van der Waals surface area contributed by atoms with Gasteiger partial charge in [-0.2, -0.15) is 0 Å². The molecule has 0 atom stereocenters. The third-order valence-corrected chi connectivity index (χ3v) is 15.6. The van der Waals surface area contributed by atoms with Crippen molar-refractivity contribution in [3.63, 3.8) is 0 Å². The van der Waals surface area contributed by atoms with E-state index in [2.05, 4.69) is 43.8 Å². The average molecular weight is 273 g/mol. The molecule has 0 aromatic carbocycles. The first-order valence-electron chi connectivity index (χ1n) is 4.61. The molecular weight excluding hydrogens is 251 g/mol. The molecule has 0 aliphatic rings. The summed E-state index contributed by atoms with van der Waals surface area (Å²) in [6, 6.07) is 0. The van der Waals surface area contributed by atoms with Crippen molar-refractivity contribution in [2.45, 2.75) is 39.0 Å². The maximum atomic E-state index is 4.07. The predicted octanol–water partition coefficient (Wildman–Crippen LogP) is 4.24. The van der Waals surface area contributed by atoms with Crippen molar-refractivity contribution in [2.24, 2.45) is 0 Å². The Kier molecular flexibility index (Phi) is 4.60. The monoisotopic (exact) mass is 274 g/mol. The Hall–Kier alpha value is 0.279. The van der Waals surface area contributed by atoms with E-state index in [9.17, 15) is 0 Å². The normalized spacial score (nSPS) is 11.8. The van der Waals surface area contributed by atoms with Crippen LogP contribution in [0, 0.1) is 0 Å². The van der Waals surface area contributed by atoms with Crippen LogP contribution in [0.5, 0.6) is 0 Å². The van der Waals surface area contributed by atoms with Crippen LogP contribution in [-0.2, 0) is 0 Å². The molecule has 0 aliphatic carbocycles. The molecule has 0 nitrogen and oxygen atoms in total. The van der Waals surface area contributed by atoms with Gasteiger partial charge >= 0.3 is 81.7 Å². The standard InChI is InChI=1S/C6H9.C3H7.2CH3.Sn/c1-5(2)6(3)4;1-3-2;;;/h1-3H2,4H3;3H,1-2H3;2*1H3;. The second-order valence-electron chi connectivity index (χ2n) is 4.70. The second-order valence-corrected chi connectivity index (χ2v) is 20.4. The van der Waals surface area contributed by atoms with Gasteiger partial charge in [-0.25, -0.2) is 0 Å². The third kappa shape index (κ3) is 3.79. The molecule has 0 fully saturated rings. The summed E-state index contributed by atoms with van der Waals surface area (Å²) in [5.41, 5.74) is 2.45. The molecule has 0 radical (unpaired) electrons. The fourth-order valence-corrected chi connectivity index (χ4v) is 6.07. The predicted molar refractivity (Wildman–Crippen MR) is 61.3 cm³/mol. The number of rotatable bonds is 4. The first-order valence-corrected chi connectivity index (χ1v) is 14.0. The number of hydrogen-bond acceptors (Lipinski definition) is 0. The molecule has 0 amide bonds. The minimum atomic E-state index is -1.79. The van der Waals surface area contributed by atoms with E-state index in [0.29, 0.717) is 0 Å². The molecule has 0 bridgehead atoms. The van der Waals surface area contributed by atoms with Crippen molar-refractivity contribution in [3.8, 4) is 0 Å². The van der Waals surface area contributed by atoms with Crippen LogP contribution in [0.3, 0.4) is 0 Å². The van der Waals surface area contributed by atoms with Crippen molar-refractivity contribution in [2.75, 3.05) is 0 Å². The Labute approximate surface area is 81.6 Å². The Bertz CT molecular complexity index is 187. The molecule has 0 N–H and O–H groups in total. The summed E-state index contributed by atoms with van der Waals surface area (Å²) < 4.78 is 2.16. The van der Waals surface area contributed by atoms with E-state index in [-0.39, 0.29) is 0 Å². The molecule has 0 rings (SSSR count). The molecule has 70 valence electrons. The van der Waals surface area contributed by atoms with E-state index >= 15 is 0 Å². The molecule has 0 aromatic heterocycles. The number of hydrogen-bond donors (Lipinski definition) is 0. The maximum absolute atomic E-state index is 4.07. The summed E-state index contributed by atoms with van der Waals surface area (Å²) in [5.74, 6) is 0. The van der Waals surface area contributed by atoms with Crippen molar-refractivity contribution in [1.82, 2.24) is 0 Å². The molecule has 0 aromatic rings. The van der Waals surface area contributed by atoms with Gasteiger partial charge in [-0.1, -0.05) is 0 Å². The van der Waals surface area contributed by atoms with Crippen molar-refractivity contribution < 1.29 is 0 Å². The fraction of sp³-hybridized carbons (Fsp3) is 0.636. The van der Waals surface area contributed by atoms with E-state index in [1.165, 1.54) is 15.6 Å². The Balaban J connectivity index is 4.25. The minimum absolute atomic E-state index is 0.899. The Morgan fingerprint density at radius 2 is 1.67 bits per heavy atom. The van der Waals surface area contributed by atoms with Gasteiger partial charge in [0, 0.05) is 0 Å². The summed E-state index contributed by atoms with van der Waals surface area (Å²) in [4.78, 5) is 4.99. The average Bonchev–Trinajstić information content (AvgIpc) is 1.85. The van der Waals surface area contributed by atoms with E-state index in [4.69, 9.17) is 0 Å². The van der Waals surface area contributed by atoms with Gasteiger partial charge < -0.3 is 0 Å².